The zero-order chi connectivity index (χ0) is 23.6. The highest BCUT2D eigenvalue weighted by Crippen LogP contribution is 2.14. The van der Waals surface area contributed by atoms with E-state index in [4.69, 9.17) is 18.9 Å². The number of aliphatic carboxylic acids is 1. The molecule has 9 heteroatoms. The predicted molar refractivity (Wildman–Crippen MR) is 121 cm³/mol. The molecule has 1 atom stereocenters. The second-order valence-electron chi connectivity index (χ2n) is 7.16. The smallest absolute Gasteiger partial charge is 0.333 e. The van der Waals surface area contributed by atoms with Crippen LogP contribution in [0.1, 0.15) is 32.3 Å². The summed E-state index contributed by atoms with van der Waals surface area (Å²) in [6.07, 6.45) is 1.14. The van der Waals surface area contributed by atoms with Gasteiger partial charge in [0.2, 0.25) is 0 Å². The van der Waals surface area contributed by atoms with Crippen LogP contribution in [0.3, 0.4) is 0 Å². The molecule has 32 heavy (non-hydrogen) atoms. The van der Waals surface area contributed by atoms with Crippen molar-refractivity contribution in [3.05, 3.63) is 29.8 Å². The topological polar surface area (TPSA) is 107 Å². The molecule has 2 amide bonds. The zero-order valence-electron chi connectivity index (χ0n) is 19.5. The van der Waals surface area contributed by atoms with Crippen LogP contribution in [-0.2, 0) is 25.4 Å². The van der Waals surface area contributed by atoms with E-state index in [-0.39, 0.29) is 6.03 Å². The number of carboxylic acid groups (broad SMARTS) is 1. The van der Waals surface area contributed by atoms with E-state index in [0.717, 1.165) is 25.0 Å². The highest BCUT2D eigenvalue weighted by molar-refractivity contribution is 5.74. The van der Waals surface area contributed by atoms with Crippen molar-refractivity contribution in [1.29, 1.82) is 0 Å². The van der Waals surface area contributed by atoms with E-state index in [1.165, 1.54) is 0 Å². The van der Waals surface area contributed by atoms with E-state index in [1.807, 2.05) is 12.1 Å². The van der Waals surface area contributed by atoms with Gasteiger partial charge in [0.05, 0.1) is 13.2 Å². The van der Waals surface area contributed by atoms with Gasteiger partial charge >= 0.3 is 12.0 Å². The molecule has 0 spiro atoms. The minimum absolute atomic E-state index is 0.160. The maximum atomic E-state index is 12.4. The minimum atomic E-state index is -0.976. The van der Waals surface area contributed by atoms with Crippen molar-refractivity contribution < 1.29 is 33.6 Å². The molecule has 0 radical (unpaired) electrons. The second-order valence-corrected chi connectivity index (χ2v) is 7.16. The van der Waals surface area contributed by atoms with Crippen molar-refractivity contribution in [1.82, 2.24) is 10.2 Å². The Balaban J connectivity index is 2.52. The Morgan fingerprint density at radius 2 is 1.81 bits per heavy atom. The van der Waals surface area contributed by atoms with E-state index in [2.05, 4.69) is 12.2 Å². The predicted octanol–water partition coefficient (Wildman–Crippen LogP) is 2.57. The first-order valence-electron chi connectivity index (χ1n) is 11.2. The molecule has 1 rings (SSSR count). The number of nitrogens with one attached hydrogen (secondary N) is 1. The molecule has 182 valence electrons. The van der Waals surface area contributed by atoms with Gasteiger partial charge in [-0.1, -0.05) is 19.1 Å². The number of ether oxygens (including phenoxy) is 4. The van der Waals surface area contributed by atoms with Gasteiger partial charge in [-0.05, 0) is 37.5 Å². The third-order valence-electron chi connectivity index (χ3n) is 4.55. The van der Waals surface area contributed by atoms with Crippen LogP contribution in [0.2, 0.25) is 0 Å². The number of amides is 2. The van der Waals surface area contributed by atoms with E-state index < -0.39 is 12.1 Å². The molecule has 9 nitrogen and oxygen atoms in total. The number of hydrogen-bond acceptors (Lipinski definition) is 6. The highest BCUT2D eigenvalue weighted by Gasteiger charge is 2.18. The van der Waals surface area contributed by atoms with Crippen LogP contribution in [0, 0.1) is 0 Å². The largest absolute Gasteiger partial charge is 0.492 e. The molecule has 0 aliphatic heterocycles. The third kappa shape index (κ3) is 11.9. The Hall–Kier alpha value is -2.36. The number of hydrogen-bond donors (Lipinski definition) is 2. The number of urea groups is 1. The van der Waals surface area contributed by atoms with Crippen molar-refractivity contribution in [3.63, 3.8) is 0 Å². The summed E-state index contributed by atoms with van der Waals surface area (Å²) in [5, 5.41) is 12.0. The summed E-state index contributed by atoms with van der Waals surface area (Å²) in [6.45, 7) is 7.73. The average molecular weight is 455 g/mol. The summed E-state index contributed by atoms with van der Waals surface area (Å²) in [7, 11) is 1.59. The molecule has 0 fully saturated rings. The Bertz CT molecular complexity index is 640. The first-order chi connectivity index (χ1) is 15.5. The summed E-state index contributed by atoms with van der Waals surface area (Å²) in [5.41, 5.74) is 0.851. The monoisotopic (exact) mass is 454 g/mol. The van der Waals surface area contributed by atoms with Gasteiger partial charge in [0.15, 0.2) is 6.10 Å². The number of carboxylic acids is 1. The van der Waals surface area contributed by atoms with E-state index in [0.29, 0.717) is 58.2 Å². The van der Waals surface area contributed by atoms with Crippen LogP contribution < -0.4 is 10.1 Å². The molecule has 0 aromatic heterocycles. The van der Waals surface area contributed by atoms with Crippen LogP contribution >= 0.6 is 0 Å². The SMILES string of the molecule is CCCOCCCN(CCOc1ccc(CC(OCC)C(=O)O)cc1)C(=O)NCCOC. The lowest BCUT2D eigenvalue weighted by Crippen LogP contribution is -2.43. The van der Waals surface area contributed by atoms with E-state index in [1.54, 1.807) is 31.1 Å². The van der Waals surface area contributed by atoms with Crippen LogP contribution in [-0.4, -0.2) is 87.9 Å². The van der Waals surface area contributed by atoms with E-state index in [9.17, 15) is 14.7 Å². The summed E-state index contributed by atoms with van der Waals surface area (Å²) >= 11 is 0. The third-order valence-corrected chi connectivity index (χ3v) is 4.55. The Morgan fingerprint density at radius 3 is 2.44 bits per heavy atom. The van der Waals surface area contributed by atoms with Crippen LogP contribution in [0.5, 0.6) is 5.75 Å². The normalized spacial score (nSPS) is 11.7. The highest BCUT2D eigenvalue weighted by atomic mass is 16.5. The van der Waals surface area contributed by atoms with Crippen LogP contribution in [0.4, 0.5) is 4.79 Å². The maximum Gasteiger partial charge on any atom is 0.333 e. The van der Waals surface area contributed by atoms with Crippen LogP contribution in [0.25, 0.3) is 0 Å². The molecule has 0 heterocycles. The molecule has 0 bridgehead atoms. The second kappa shape index (κ2) is 17.2. The van der Waals surface area contributed by atoms with Gasteiger partial charge in [0.1, 0.15) is 12.4 Å². The van der Waals surface area contributed by atoms with Gasteiger partial charge in [-0.2, -0.15) is 0 Å². The first kappa shape index (κ1) is 27.7. The molecule has 2 N–H and O–H groups in total. The fraction of sp³-hybridized carbons (Fsp3) is 0.652. The first-order valence-corrected chi connectivity index (χ1v) is 11.2. The van der Waals surface area contributed by atoms with Gasteiger partial charge in [0, 0.05) is 46.4 Å². The molecular formula is C23H38N2O7. The standard InChI is InChI=1S/C23H38N2O7/c1-4-14-30-15-6-12-25(23(28)24-11-16-29-3)13-17-32-20-9-7-19(8-10-20)18-21(22(26)27)31-5-2/h7-10,21H,4-6,11-18H2,1-3H3,(H,24,28)(H,26,27). The van der Waals surface area contributed by atoms with Crippen LogP contribution in [0.15, 0.2) is 24.3 Å². The van der Waals surface area contributed by atoms with Crippen molar-refractivity contribution in [2.75, 3.05) is 59.8 Å². The molecule has 0 saturated carbocycles. The van der Waals surface area contributed by atoms with E-state index >= 15 is 0 Å². The van der Waals surface area contributed by atoms with Gasteiger partial charge in [-0.15, -0.1) is 0 Å². The lowest BCUT2D eigenvalue weighted by atomic mass is 10.1. The number of carbonyl (C=O) groups excluding carboxylic acids is 1. The zero-order valence-corrected chi connectivity index (χ0v) is 19.5. The molecule has 1 aromatic rings. The number of carbonyl (C=O) groups is 2. The summed E-state index contributed by atoms with van der Waals surface area (Å²) in [4.78, 5) is 25.4. The van der Waals surface area contributed by atoms with Gasteiger partial charge in [0.25, 0.3) is 0 Å². The maximum absolute atomic E-state index is 12.4. The fourth-order valence-corrected chi connectivity index (χ4v) is 2.92. The Labute approximate surface area is 191 Å². The van der Waals surface area contributed by atoms with Crippen molar-refractivity contribution in [2.24, 2.45) is 0 Å². The minimum Gasteiger partial charge on any atom is -0.492 e. The Kier molecular flexibility index (Phi) is 14.9. The quantitative estimate of drug-likeness (QED) is 0.328. The molecular weight excluding hydrogens is 416 g/mol. The van der Waals surface area contributed by atoms with Gasteiger partial charge in [-0.3, -0.25) is 0 Å². The molecule has 0 aliphatic carbocycles. The number of rotatable bonds is 18. The lowest BCUT2D eigenvalue weighted by molar-refractivity contribution is -0.149. The number of methoxy groups -OCH3 is 1. The number of benzene rings is 1. The Morgan fingerprint density at radius 1 is 1.06 bits per heavy atom. The summed E-state index contributed by atoms with van der Waals surface area (Å²) < 4.78 is 21.5. The van der Waals surface area contributed by atoms with Gasteiger partial charge < -0.3 is 34.3 Å². The van der Waals surface area contributed by atoms with Crippen molar-refractivity contribution in [3.8, 4) is 5.75 Å². The van der Waals surface area contributed by atoms with Crippen molar-refractivity contribution in [2.45, 2.75) is 39.2 Å². The lowest BCUT2D eigenvalue weighted by Gasteiger charge is -2.23. The summed E-state index contributed by atoms with van der Waals surface area (Å²) in [6, 6.07) is 7.07. The molecule has 1 aromatic carbocycles. The fourth-order valence-electron chi connectivity index (χ4n) is 2.92. The molecule has 0 aliphatic rings. The molecule has 0 saturated heterocycles. The average Bonchev–Trinajstić information content (AvgIpc) is 2.78. The van der Waals surface area contributed by atoms with Gasteiger partial charge in [-0.25, -0.2) is 9.59 Å². The number of nitrogens with zero attached hydrogens (tertiary/aromatic N) is 1. The van der Waals surface area contributed by atoms with Crippen molar-refractivity contribution >= 4 is 12.0 Å². The molecule has 1 unspecified atom stereocenters. The summed E-state index contributed by atoms with van der Waals surface area (Å²) in [5.74, 6) is -0.320.